The summed E-state index contributed by atoms with van der Waals surface area (Å²) in [4.78, 5) is 39.2. The first-order valence-corrected chi connectivity index (χ1v) is 12.8. The summed E-state index contributed by atoms with van der Waals surface area (Å²) in [5, 5.41) is 23.6. The third-order valence-electron chi connectivity index (χ3n) is 11.0. The smallest absolute Gasteiger partial charge is 0.306 e. The Bertz CT molecular complexity index is 1130. The Morgan fingerprint density at radius 1 is 1.19 bits per heavy atom. The van der Waals surface area contributed by atoms with Crippen LogP contribution in [-0.4, -0.2) is 52.5 Å². The van der Waals surface area contributed by atoms with E-state index in [1.54, 1.807) is 19.1 Å². The van der Waals surface area contributed by atoms with Crippen molar-refractivity contribution in [2.45, 2.75) is 82.9 Å². The molecule has 9 nitrogen and oxygen atoms in total. The number of carbonyl (C=O) groups excluding carboxylic acids is 3. The highest BCUT2D eigenvalue weighted by Gasteiger charge is 2.84. The number of carbonyl (C=O) groups is 3. The number of ketones is 1. The van der Waals surface area contributed by atoms with Gasteiger partial charge < -0.3 is 28.8 Å². The molecular weight excluding hydrogens is 468 g/mol. The lowest BCUT2D eigenvalue weighted by Gasteiger charge is -2.60. The van der Waals surface area contributed by atoms with Crippen molar-refractivity contribution in [3.8, 4) is 0 Å². The second-order valence-corrected chi connectivity index (χ2v) is 12.4. The van der Waals surface area contributed by atoms with E-state index in [0.717, 1.165) is 0 Å². The van der Waals surface area contributed by atoms with Crippen molar-refractivity contribution in [2.75, 3.05) is 7.11 Å². The van der Waals surface area contributed by atoms with E-state index in [4.69, 9.17) is 18.6 Å². The molecule has 0 radical (unpaired) electrons. The van der Waals surface area contributed by atoms with Gasteiger partial charge in [-0.25, -0.2) is 0 Å². The molecule has 10 atom stereocenters. The Kier molecular flexibility index (Phi) is 4.83. The van der Waals surface area contributed by atoms with Crippen molar-refractivity contribution in [3.05, 3.63) is 24.2 Å². The van der Waals surface area contributed by atoms with Crippen molar-refractivity contribution in [1.82, 2.24) is 0 Å². The summed E-state index contributed by atoms with van der Waals surface area (Å²) < 4.78 is 23.2. The molecule has 7 rings (SSSR count). The van der Waals surface area contributed by atoms with Crippen LogP contribution in [0.15, 0.2) is 22.8 Å². The van der Waals surface area contributed by atoms with Crippen LogP contribution in [0.1, 0.15) is 71.2 Å². The molecule has 9 heteroatoms. The van der Waals surface area contributed by atoms with Gasteiger partial charge in [0.2, 0.25) is 0 Å². The first-order chi connectivity index (χ1) is 16.9. The topological polar surface area (TPSA) is 133 Å². The van der Waals surface area contributed by atoms with Gasteiger partial charge in [0.05, 0.1) is 25.4 Å². The molecule has 6 aliphatic rings. The molecule has 1 aromatic heterocycles. The second-order valence-electron chi connectivity index (χ2n) is 12.4. The number of aliphatic hydroxyl groups excluding tert-OH is 1. The summed E-state index contributed by atoms with van der Waals surface area (Å²) in [7, 11) is 1.31. The Hall–Kier alpha value is -2.23. The Balaban J connectivity index is 1.54. The zero-order chi connectivity index (χ0) is 25.9. The number of esters is 2. The largest absolute Gasteiger partial charge is 0.469 e. The van der Waals surface area contributed by atoms with Crippen LogP contribution in [0.5, 0.6) is 0 Å². The molecule has 3 saturated carbocycles. The van der Waals surface area contributed by atoms with Crippen LogP contribution in [-0.2, 0) is 28.6 Å². The average molecular weight is 503 g/mol. The van der Waals surface area contributed by atoms with Crippen molar-refractivity contribution < 1.29 is 43.2 Å². The zero-order valence-corrected chi connectivity index (χ0v) is 21.1. The summed E-state index contributed by atoms with van der Waals surface area (Å²) in [5.74, 6) is -3.77. The molecule has 1 aromatic rings. The molecule has 36 heavy (non-hydrogen) atoms. The number of aliphatic hydroxyl groups is 2. The van der Waals surface area contributed by atoms with Crippen molar-refractivity contribution in [2.24, 2.45) is 34.0 Å². The van der Waals surface area contributed by atoms with E-state index in [9.17, 15) is 24.6 Å². The Morgan fingerprint density at radius 3 is 2.61 bits per heavy atom. The van der Waals surface area contributed by atoms with E-state index >= 15 is 0 Å². The number of rotatable bonds is 3. The molecule has 6 fully saturated rings. The molecule has 3 saturated heterocycles. The van der Waals surface area contributed by atoms with Crippen molar-refractivity contribution in [3.63, 3.8) is 0 Å². The number of methoxy groups -OCH3 is 1. The molecule has 3 aliphatic carbocycles. The normalized spacial score (nSPS) is 51.2. The minimum Gasteiger partial charge on any atom is -0.469 e. The summed E-state index contributed by atoms with van der Waals surface area (Å²) >= 11 is 0. The summed E-state index contributed by atoms with van der Waals surface area (Å²) in [6, 6.07) is 3.52. The molecule has 2 N–H and O–H groups in total. The van der Waals surface area contributed by atoms with Crippen molar-refractivity contribution in [1.29, 1.82) is 0 Å². The maximum atomic E-state index is 13.7. The van der Waals surface area contributed by atoms with E-state index in [0.29, 0.717) is 18.6 Å². The van der Waals surface area contributed by atoms with Crippen LogP contribution < -0.4 is 0 Å². The number of ether oxygens (including phenoxy) is 3. The van der Waals surface area contributed by atoms with Crippen LogP contribution in [0.3, 0.4) is 0 Å². The maximum Gasteiger partial charge on any atom is 0.306 e. The maximum absolute atomic E-state index is 13.7. The summed E-state index contributed by atoms with van der Waals surface area (Å²) in [6.45, 7) is 5.72. The lowest BCUT2D eigenvalue weighted by Crippen LogP contribution is -2.64. The second kappa shape index (κ2) is 7.20. The average Bonchev–Trinajstić information content (AvgIpc) is 3.45. The van der Waals surface area contributed by atoms with Gasteiger partial charge in [-0.05, 0) is 36.8 Å². The fourth-order valence-corrected chi connectivity index (χ4v) is 9.41. The fourth-order valence-electron chi connectivity index (χ4n) is 9.41. The Labute approximate surface area is 209 Å². The third-order valence-corrected chi connectivity index (χ3v) is 11.0. The number of furan rings is 1. The van der Waals surface area contributed by atoms with E-state index in [-0.39, 0.29) is 37.4 Å². The highest BCUT2D eigenvalue weighted by Crippen LogP contribution is 2.78. The predicted octanol–water partition coefficient (Wildman–Crippen LogP) is 2.69. The predicted molar refractivity (Wildman–Crippen MR) is 122 cm³/mol. The molecule has 2 unspecified atom stereocenters. The lowest BCUT2D eigenvalue weighted by atomic mass is 9.45. The monoisotopic (exact) mass is 502 g/mol. The molecule has 1 spiro atoms. The molecular formula is C27H34O9. The van der Waals surface area contributed by atoms with Crippen LogP contribution in [0.4, 0.5) is 0 Å². The SMILES string of the molecule is COC(=O)C[C@H]1[C@@]2(C)C[C@]3(O)O[C@@]4(CC(=O)[C@H]2O)C2CC(=O)O[C@@H](c5ccco5)[C@]2(C)CCC4[C@]13C. The molecule has 196 valence electrons. The first-order valence-electron chi connectivity index (χ1n) is 12.8. The standard InChI is InChI=1S/C27H34O9/c1-23-8-7-16-25(3)17(10-19(29)33-4)24(2)13-27(25,32)36-26(16,12-14(28)21(24)31)18(23)11-20(30)35-22(23)15-6-5-9-34-15/h5-6,9,16-18,21-22,31-32H,7-8,10-13H2,1-4H3/t16?,17-,18?,21+,22-,23+,24+,25+,26+,27-/m0/s1. The van der Waals surface area contributed by atoms with Crippen molar-refractivity contribution >= 4 is 17.7 Å². The quantitative estimate of drug-likeness (QED) is 0.599. The van der Waals surface area contributed by atoms with Gasteiger partial charge >= 0.3 is 11.9 Å². The van der Waals surface area contributed by atoms with E-state index in [1.165, 1.54) is 13.4 Å². The zero-order valence-electron chi connectivity index (χ0n) is 21.1. The van der Waals surface area contributed by atoms with Crippen LogP contribution in [0.25, 0.3) is 0 Å². The van der Waals surface area contributed by atoms with E-state index in [1.807, 2.05) is 13.8 Å². The van der Waals surface area contributed by atoms with Gasteiger partial charge in [-0.1, -0.05) is 20.8 Å². The van der Waals surface area contributed by atoms with E-state index in [2.05, 4.69) is 0 Å². The van der Waals surface area contributed by atoms with Gasteiger partial charge in [-0.2, -0.15) is 0 Å². The highest BCUT2D eigenvalue weighted by molar-refractivity contribution is 5.86. The number of hydrogen-bond donors (Lipinski definition) is 2. The Morgan fingerprint density at radius 2 is 1.94 bits per heavy atom. The van der Waals surface area contributed by atoms with Crippen LogP contribution in [0.2, 0.25) is 0 Å². The third kappa shape index (κ3) is 2.64. The lowest BCUT2D eigenvalue weighted by molar-refractivity contribution is -0.289. The number of hydrogen-bond acceptors (Lipinski definition) is 9. The van der Waals surface area contributed by atoms with Gasteiger partial charge in [-0.15, -0.1) is 0 Å². The minimum atomic E-state index is -1.68. The molecule has 3 aliphatic heterocycles. The molecule has 0 aromatic carbocycles. The summed E-state index contributed by atoms with van der Waals surface area (Å²) in [6.07, 6.45) is 0.606. The highest BCUT2D eigenvalue weighted by atomic mass is 16.7. The van der Waals surface area contributed by atoms with Gasteiger partial charge in [0.25, 0.3) is 0 Å². The molecule has 0 amide bonds. The van der Waals surface area contributed by atoms with Gasteiger partial charge in [0, 0.05) is 41.4 Å². The van der Waals surface area contributed by atoms with Gasteiger partial charge in [-0.3, -0.25) is 14.4 Å². The minimum absolute atomic E-state index is 0.0127. The van der Waals surface area contributed by atoms with Crippen LogP contribution in [0, 0.1) is 34.0 Å². The van der Waals surface area contributed by atoms with Gasteiger partial charge in [0.15, 0.2) is 17.7 Å². The fraction of sp³-hybridized carbons (Fsp3) is 0.741. The molecule has 4 heterocycles. The van der Waals surface area contributed by atoms with E-state index < -0.39 is 63.6 Å². The number of fused-ring (bicyclic) bond motifs is 3. The molecule has 4 bridgehead atoms. The summed E-state index contributed by atoms with van der Waals surface area (Å²) in [5.41, 5.74) is -3.83. The number of Topliss-reactive ketones (excluding diaryl/α,β-unsaturated/α-hetero) is 1. The van der Waals surface area contributed by atoms with Crippen LogP contribution >= 0.6 is 0 Å². The number of cyclic esters (lactones) is 1. The van der Waals surface area contributed by atoms with Gasteiger partial charge in [0.1, 0.15) is 11.9 Å². The first kappa shape index (κ1) is 24.1.